The van der Waals surface area contributed by atoms with Crippen LogP contribution in [0.25, 0.3) is 0 Å². The molecule has 10 rings (SSSR count). The van der Waals surface area contributed by atoms with Crippen molar-refractivity contribution in [1.82, 2.24) is 0 Å². The van der Waals surface area contributed by atoms with E-state index in [0.717, 1.165) is 71.2 Å². The van der Waals surface area contributed by atoms with E-state index < -0.39 is 0 Å². The fraction of sp³-hybridized carbons (Fsp3) is 0.842. The van der Waals surface area contributed by atoms with Gasteiger partial charge in [-0.1, -0.05) is 30.3 Å². The molecule has 9 aliphatic rings. The van der Waals surface area contributed by atoms with Crippen LogP contribution >= 0.6 is 0 Å². The molecule has 3 saturated carbocycles. The summed E-state index contributed by atoms with van der Waals surface area (Å²) in [5.41, 5.74) is 1.30. The van der Waals surface area contributed by atoms with E-state index in [0.29, 0.717) is 53.8 Å². The van der Waals surface area contributed by atoms with Crippen LogP contribution in [0, 0.1) is 47.3 Å². The molecule has 6 aliphatic heterocycles. The Morgan fingerprint density at radius 2 is 1.09 bits per heavy atom. The molecular weight excluding hydrogens is 568 g/mol. The summed E-state index contributed by atoms with van der Waals surface area (Å²) in [6.07, 6.45) is 13.7. The number of hydrogen-bond donors (Lipinski definition) is 1. The van der Waals surface area contributed by atoms with Gasteiger partial charge in [0.05, 0.1) is 67.6 Å². The average molecular weight is 621 g/mol. The summed E-state index contributed by atoms with van der Waals surface area (Å²) in [7, 11) is 0. The predicted molar refractivity (Wildman–Crippen MR) is 165 cm³/mol. The SMILES string of the molecule is OC1C2CC3CC4CC5C(CCOC5c5ccccc5)OC4CC3CC2OC2CC3CC4OC5CCOCC5CC4OC3CC21. The molecule has 9 fully saturated rings. The third-order valence-electron chi connectivity index (χ3n) is 14.4. The molecule has 0 radical (unpaired) electrons. The predicted octanol–water partition coefficient (Wildman–Crippen LogP) is 5.48. The molecule has 6 heterocycles. The normalized spacial score (nSPS) is 55.2. The minimum absolute atomic E-state index is 0.148. The second-order valence-electron chi connectivity index (χ2n) is 16.6. The zero-order chi connectivity index (χ0) is 29.6. The number of hydrogen-bond acceptors (Lipinski definition) is 7. The van der Waals surface area contributed by atoms with Crippen LogP contribution in [-0.4, -0.2) is 79.9 Å². The molecule has 7 heteroatoms. The van der Waals surface area contributed by atoms with Crippen molar-refractivity contribution in [2.24, 2.45) is 47.3 Å². The lowest BCUT2D eigenvalue weighted by Gasteiger charge is -2.58. The molecule has 7 nitrogen and oxygen atoms in total. The van der Waals surface area contributed by atoms with Gasteiger partial charge in [-0.15, -0.1) is 0 Å². The largest absolute Gasteiger partial charge is 0.392 e. The molecule has 1 aromatic rings. The lowest BCUT2D eigenvalue weighted by molar-refractivity contribution is -0.275. The highest BCUT2D eigenvalue weighted by molar-refractivity contribution is 5.20. The molecule has 6 saturated heterocycles. The van der Waals surface area contributed by atoms with Gasteiger partial charge >= 0.3 is 0 Å². The Morgan fingerprint density at radius 3 is 1.98 bits per heavy atom. The third kappa shape index (κ3) is 5.00. The maximum Gasteiger partial charge on any atom is 0.0877 e. The molecule has 18 atom stereocenters. The molecular formula is C38H52O7. The first-order valence-corrected chi connectivity index (χ1v) is 18.7. The summed E-state index contributed by atoms with van der Waals surface area (Å²) in [5.74, 6) is 3.73. The quantitative estimate of drug-likeness (QED) is 0.446. The molecule has 1 N–H and O–H groups in total. The Hall–Kier alpha value is -1.06. The van der Waals surface area contributed by atoms with E-state index in [1.165, 1.54) is 24.8 Å². The minimum atomic E-state index is -0.283. The van der Waals surface area contributed by atoms with Gasteiger partial charge in [-0.25, -0.2) is 0 Å². The fourth-order valence-corrected chi connectivity index (χ4v) is 12.3. The van der Waals surface area contributed by atoms with Crippen molar-refractivity contribution in [1.29, 1.82) is 0 Å². The highest BCUT2D eigenvalue weighted by atomic mass is 16.6. The minimum Gasteiger partial charge on any atom is -0.392 e. The second kappa shape index (κ2) is 11.5. The first-order chi connectivity index (χ1) is 22.1. The summed E-state index contributed by atoms with van der Waals surface area (Å²) in [6.45, 7) is 2.42. The number of rotatable bonds is 1. The van der Waals surface area contributed by atoms with Crippen LogP contribution in [0.4, 0.5) is 0 Å². The van der Waals surface area contributed by atoms with E-state index in [9.17, 15) is 5.11 Å². The Labute approximate surface area is 268 Å². The molecule has 0 spiro atoms. The van der Waals surface area contributed by atoms with Crippen molar-refractivity contribution >= 4 is 0 Å². The Bertz CT molecular complexity index is 1210. The Morgan fingerprint density at radius 1 is 0.489 bits per heavy atom. The fourth-order valence-electron chi connectivity index (χ4n) is 12.3. The molecule has 45 heavy (non-hydrogen) atoms. The van der Waals surface area contributed by atoms with Gasteiger partial charge < -0.3 is 33.5 Å². The third-order valence-corrected chi connectivity index (χ3v) is 14.4. The highest BCUT2D eigenvalue weighted by Gasteiger charge is 2.57. The highest BCUT2D eigenvalue weighted by Crippen LogP contribution is 2.56. The van der Waals surface area contributed by atoms with E-state index >= 15 is 0 Å². The number of aliphatic hydroxyl groups is 1. The standard InChI is InChI=1S/C38H52O7/c39-37-26-11-21-10-23-12-28-30(7-9-41-38(28)20-4-2-1-3-5-20)43-31(23)13-22(21)14-33(26)45-34-15-24-16-35-36(44-32(24)18-27(34)37)17-25-19-40-8-6-29(25)42-35/h1-5,21-39H,6-19H2. The van der Waals surface area contributed by atoms with Crippen LogP contribution in [0.1, 0.15) is 82.3 Å². The van der Waals surface area contributed by atoms with Gasteiger partial charge in [0.15, 0.2) is 0 Å². The van der Waals surface area contributed by atoms with Gasteiger partial charge in [-0.3, -0.25) is 0 Å². The molecule has 18 unspecified atom stereocenters. The smallest absolute Gasteiger partial charge is 0.0877 e. The first kappa shape index (κ1) is 28.9. The lowest BCUT2D eigenvalue weighted by Crippen LogP contribution is -2.62. The van der Waals surface area contributed by atoms with Crippen molar-refractivity contribution in [2.45, 2.75) is 132 Å². The molecule has 246 valence electrons. The van der Waals surface area contributed by atoms with E-state index in [1.807, 2.05) is 0 Å². The zero-order valence-electron chi connectivity index (χ0n) is 26.6. The first-order valence-electron chi connectivity index (χ1n) is 18.7. The topological polar surface area (TPSA) is 75.6 Å². The van der Waals surface area contributed by atoms with Gasteiger partial charge in [-0.05, 0) is 99.9 Å². The lowest BCUT2D eigenvalue weighted by atomic mass is 9.57. The van der Waals surface area contributed by atoms with Crippen molar-refractivity contribution in [2.75, 3.05) is 19.8 Å². The average Bonchev–Trinajstić information content (AvgIpc) is 3.07. The second-order valence-corrected chi connectivity index (χ2v) is 16.6. The van der Waals surface area contributed by atoms with Gasteiger partial charge in [0.2, 0.25) is 0 Å². The van der Waals surface area contributed by atoms with Crippen molar-refractivity contribution in [3.63, 3.8) is 0 Å². The summed E-state index contributed by atoms with van der Waals surface area (Å²) in [4.78, 5) is 0. The van der Waals surface area contributed by atoms with Crippen molar-refractivity contribution in [3.05, 3.63) is 35.9 Å². The van der Waals surface area contributed by atoms with E-state index in [1.54, 1.807) is 0 Å². The van der Waals surface area contributed by atoms with Gasteiger partial charge in [0, 0.05) is 36.9 Å². The van der Waals surface area contributed by atoms with Crippen LogP contribution in [0.5, 0.6) is 0 Å². The molecule has 3 aliphatic carbocycles. The Kier molecular flexibility index (Phi) is 7.41. The number of aliphatic hydroxyl groups excluding tert-OH is 1. The van der Waals surface area contributed by atoms with E-state index in [-0.39, 0.29) is 54.6 Å². The number of fused-ring (bicyclic) bond motifs is 8. The van der Waals surface area contributed by atoms with Crippen molar-refractivity contribution < 1.29 is 33.5 Å². The maximum atomic E-state index is 12.0. The number of benzene rings is 1. The van der Waals surface area contributed by atoms with Crippen LogP contribution < -0.4 is 0 Å². The van der Waals surface area contributed by atoms with Gasteiger partial charge in [0.25, 0.3) is 0 Å². The van der Waals surface area contributed by atoms with Crippen molar-refractivity contribution in [3.8, 4) is 0 Å². The zero-order valence-corrected chi connectivity index (χ0v) is 26.6. The monoisotopic (exact) mass is 620 g/mol. The molecule has 0 bridgehead atoms. The van der Waals surface area contributed by atoms with Gasteiger partial charge in [-0.2, -0.15) is 0 Å². The number of ether oxygens (including phenoxy) is 6. The summed E-state index contributed by atoms with van der Waals surface area (Å²) in [6, 6.07) is 10.8. The summed E-state index contributed by atoms with van der Waals surface area (Å²) >= 11 is 0. The molecule has 1 aromatic carbocycles. The Balaban J connectivity index is 0.815. The van der Waals surface area contributed by atoms with Crippen LogP contribution in [0.2, 0.25) is 0 Å². The molecule has 0 amide bonds. The van der Waals surface area contributed by atoms with Crippen LogP contribution in [-0.2, 0) is 28.4 Å². The maximum absolute atomic E-state index is 12.0. The van der Waals surface area contributed by atoms with Crippen LogP contribution in [0.3, 0.4) is 0 Å². The van der Waals surface area contributed by atoms with E-state index in [4.69, 9.17) is 28.4 Å². The molecule has 0 aromatic heterocycles. The summed E-state index contributed by atoms with van der Waals surface area (Å²) < 4.78 is 39.6. The summed E-state index contributed by atoms with van der Waals surface area (Å²) in [5, 5.41) is 12.0. The van der Waals surface area contributed by atoms with Crippen LogP contribution in [0.15, 0.2) is 30.3 Å². The van der Waals surface area contributed by atoms with E-state index in [2.05, 4.69) is 30.3 Å². The van der Waals surface area contributed by atoms with Gasteiger partial charge in [0.1, 0.15) is 0 Å².